The van der Waals surface area contributed by atoms with Gasteiger partial charge in [-0.05, 0) is 50.0 Å². The lowest BCUT2D eigenvalue weighted by atomic mass is 9.81. The maximum absolute atomic E-state index is 12.0. The average molecular weight is 326 g/mol. The first-order valence-corrected chi connectivity index (χ1v) is 8.65. The molecule has 2 bridgehead atoms. The van der Waals surface area contributed by atoms with Crippen LogP contribution in [-0.4, -0.2) is 17.9 Å². The molecule has 2 aromatic carbocycles. The number of aryl methyl sites for hydroxylation is 1. The number of carbonyl (C=O) groups is 1. The number of phenols is 1. The molecule has 2 aromatic rings. The van der Waals surface area contributed by atoms with Gasteiger partial charge >= 0.3 is 6.16 Å². The van der Waals surface area contributed by atoms with Crippen molar-refractivity contribution >= 4 is 16.9 Å². The summed E-state index contributed by atoms with van der Waals surface area (Å²) in [7, 11) is 0. The molecule has 4 nitrogen and oxygen atoms in total. The zero-order valence-electron chi connectivity index (χ0n) is 14.3. The van der Waals surface area contributed by atoms with Gasteiger partial charge in [-0.1, -0.05) is 25.1 Å². The molecular formula is C20H22O4. The minimum atomic E-state index is -0.675. The summed E-state index contributed by atoms with van der Waals surface area (Å²) in [5.41, 5.74) is 2.99. The van der Waals surface area contributed by atoms with Crippen molar-refractivity contribution in [2.24, 2.45) is 5.92 Å². The van der Waals surface area contributed by atoms with Crippen molar-refractivity contribution in [1.82, 2.24) is 0 Å². The van der Waals surface area contributed by atoms with E-state index in [1.165, 1.54) is 0 Å². The summed E-state index contributed by atoms with van der Waals surface area (Å²) in [6, 6.07) is 5.79. The van der Waals surface area contributed by atoms with Gasteiger partial charge in [-0.3, -0.25) is 0 Å². The quantitative estimate of drug-likeness (QED) is 0.623. The van der Waals surface area contributed by atoms with Gasteiger partial charge in [0.05, 0.1) is 6.61 Å². The summed E-state index contributed by atoms with van der Waals surface area (Å²) >= 11 is 0. The molecule has 0 amide bonds. The highest BCUT2D eigenvalue weighted by Gasteiger charge is 2.46. The smallest absolute Gasteiger partial charge is 0.507 e. The van der Waals surface area contributed by atoms with Crippen molar-refractivity contribution in [3.05, 3.63) is 34.9 Å². The Morgan fingerprint density at radius 2 is 2.08 bits per heavy atom. The van der Waals surface area contributed by atoms with Crippen LogP contribution in [0.15, 0.2) is 18.2 Å². The Kier molecular flexibility index (Phi) is 3.44. The number of benzene rings is 2. The van der Waals surface area contributed by atoms with E-state index in [9.17, 15) is 9.90 Å². The zero-order chi connectivity index (χ0) is 17.0. The SMILES string of the molecule is CCOC(=O)Oc1c2c(c(O)c3cccc(C)c13)C1CC2CC1C. The normalized spacial score (nSPS) is 24.2. The molecule has 1 saturated carbocycles. The standard InChI is InChI=1S/C20H22O4/c1-4-23-20(22)24-19-15-10(2)6-5-7-13(15)18(21)17-14-9-12(16(17)19)8-11(14)3/h5-7,11-12,14,21H,4,8-9H2,1-3H3. The zero-order valence-corrected chi connectivity index (χ0v) is 14.3. The van der Waals surface area contributed by atoms with Crippen molar-refractivity contribution < 1.29 is 19.4 Å². The van der Waals surface area contributed by atoms with Gasteiger partial charge in [0.1, 0.15) is 11.5 Å². The Balaban J connectivity index is 2.00. The van der Waals surface area contributed by atoms with Crippen molar-refractivity contribution in [3.63, 3.8) is 0 Å². The maximum atomic E-state index is 12.0. The summed E-state index contributed by atoms with van der Waals surface area (Å²) < 4.78 is 10.7. The molecule has 1 N–H and O–H groups in total. The van der Waals surface area contributed by atoms with Gasteiger partial charge in [0.2, 0.25) is 0 Å². The van der Waals surface area contributed by atoms with Crippen LogP contribution in [0.3, 0.4) is 0 Å². The Bertz CT molecular complexity index is 839. The van der Waals surface area contributed by atoms with Crippen LogP contribution in [0.5, 0.6) is 11.5 Å². The van der Waals surface area contributed by atoms with Crippen LogP contribution in [0.2, 0.25) is 0 Å². The fourth-order valence-corrected chi connectivity index (χ4v) is 4.70. The van der Waals surface area contributed by atoms with Gasteiger partial charge in [-0.15, -0.1) is 0 Å². The van der Waals surface area contributed by atoms with Crippen LogP contribution in [0.4, 0.5) is 4.79 Å². The highest BCUT2D eigenvalue weighted by Crippen LogP contribution is 2.63. The predicted octanol–water partition coefficient (Wildman–Crippen LogP) is 5.00. The predicted molar refractivity (Wildman–Crippen MR) is 91.9 cm³/mol. The van der Waals surface area contributed by atoms with E-state index in [0.29, 0.717) is 29.3 Å². The summed E-state index contributed by atoms with van der Waals surface area (Å²) in [4.78, 5) is 12.0. The summed E-state index contributed by atoms with van der Waals surface area (Å²) in [6.07, 6.45) is 1.43. The summed E-state index contributed by atoms with van der Waals surface area (Å²) in [6.45, 7) is 6.25. The van der Waals surface area contributed by atoms with E-state index >= 15 is 0 Å². The number of hydrogen-bond donors (Lipinski definition) is 1. The minimum Gasteiger partial charge on any atom is -0.507 e. The van der Waals surface area contributed by atoms with E-state index < -0.39 is 6.16 Å². The lowest BCUT2D eigenvalue weighted by molar-refractivity contribution is 0.104. The first kappa shape index (κ1) is 15.3. The number of fused-ring (bicyclic) bond motifs is 6. The van der Waals surface area contributed by atoms with Crippen molar-refractivity contribution in [2.45, 2.75) is 45.4 Å². The highest BCUT2D eigenvalue weighted by atomic mass is 16.7. The average Bonchev–Trinajstić information content (AvgIpc) is 3.09. The molecule has 3 atom stereocenters. The van der Waals surface area contributed by atoms with Gasteiger partial charge in [0.15, 0.2) is 0 Å². The van der Waals surface area contributed by atoms with Crippen LogP contribution < -0.4 is 4.74 Å². The van der Waals surface area contributed by atoms with Gasteiger partial charge < -0.3 is 14.6 Å². The Morgan fingerprint density at radius 3 is 2.83 bits per heavy atom. The molecule has 0 saturated heterocycles. The van der Waals surface area contributed by atoms with Crippen molar-refractivity contribution in [2.75, 3.05) is 6.61 Å². The molecular weight excluding hydrogens is 304 g/mol. The minimum absolute atomic E-state index is 0.277. The fraction of sp³-hybridized carbons (Fsp3) is 0.450. The van der Waals surface area contributed by atoms with Gasteiger partial charge in [0, 0.05) is 21.9 Å². The molecule has 4 rings (SSSR count). The largest absolute Gasteiger partial charge is 0.513 e. The topological polar surface area (TPSA) is 55.8 Å². The second-order valence-electron chi connectivity index (χ2n) is 7.04. The van der Waals surface area contributed by atoms with Gasteiger partial charge in [-0.25, -0.2) is 4.79 Å². The van der Waals surface area contributed by atoms with E-state index in [-0.39, 0.29) is 6.61 Å². The molecule has 0 radical (unpaired) electrons. The molecule has 0 spiro atoms. The second-order valence-corrected chi connectivity index (χ2v) is 7.04. The number of ether oxygens (including phenoxy) is 2. The third-order valence-corrected chi connectivity index (χ3v) is 5.65. The maximum Gasteiger partial charge on any atom is 0.513 e. The van der Waals surface area contributed by atoms with E-state index in [0.717, 1.165) is 40.3 Å². The van der Waals surface area contributed by atoms with Crippen LogP contribution >= 0.6 is 0 Å². The number of aromatic hydroxyl groups is 1. The van der Waals surface area contributed by atoms with Crippen LogP contribution in [0.1, 0.15) is 55.2 Å². The highest BCUT2D eigenvalue weighted by molar-refractivity contribution is 6.00. The molecule has 126 valence electrons. The molecule has 4 heteroatoms. The molecule has 24 heavy (non-hydrogen) atoms. The molecule has 3 unspecified atom stereocenters. The number of phenolic OH excluding ortho intramolecular Hbond substituents is 1. The second kappa shape index (κ2) is 5.40. The lowest BCUT2D eigenvalue weighted by Gasteiger charge is -2.26. The van der Waals surface area contributed by atoms with E-state index in [1.807, 2.05) is 25.1 Å². The Morgan fingerprint density at radius 1 is 1.29 bits per heavy atom. The molecule has 0 heterocycles. The van der Waals surface area contributed by atoms with Crippen molar-refractivity contribution in [3.8, 4) is 11.5 Å². The fourth-order valence-electron chi connectivity index (χ4n) is 4.70. The number of carbonyl (C=O) groups excluding carboxylic acids is 1. The summed E-state index contributed by atoms with van der Waals surface area (Å²) in [5.74, 6) is 2.19. The molecule has 0 aliphatic heterocycles. The number of hydrogen-bond acceptors (Lipinski definition) is 4. The van der Waals surface area contributed by atoms with E-state index in [1.54, 1.807) is 6.92 Å². The van der Waals surface area contributed by atoms with Crippen LogP contribution in [-0.2, 0) is 4.74 Å². The Hall–Kier alpha value is -2.23. The van der Waals surface area contributed by atoms with Gasteiger partial charge in [-0.2, -0.15) is 0 Å². The summed E-state index contributed by atoms with van der Waals surface area (Å²) in [5, 5.41) is 12.5. The van der Waals surface area contributed by atoms with E-state index in [4.69, 9.17) is 9.47 Å². The first-order valence-electron chi connectivity index (χ1n) is 8.65. The number of rotatable bonds is 2. The molecule has 0 aromatic heterocycles. The lowest BCUT2D eigenvalue weighted by Crippen LogP contribution is -2.15. The van der Waals surface area contributed by atoms with E-state index in [2.05, 4.69) is 6.92 Å². The third-order valence-electron chi connectivity index (χ3n) is 5.65. The van der Waals surface area contributed by atoms with Gasteiger partial charge in [0.25, 0.3) is 0 Å². The van der Waals surface area contributed by atoms with Crippen LogP contribution in [0.25, 0.3) is 10.8 Å². The first-order chi connectivity index (χ1) is 11.5. The van der Waals surface area contributed by atoms with Crippen molar-refractivity contribution in [1.29, 1.82) is 0 Å². The third kappa shape index (κ3) is 2.02. The molecule has 1 fully saturated rings. The monoisotopic (exact) mass is 326 g/mol. The van der Waals surface area contributed by atoms with Crippen LogP contribution in [0, 0.1) is 12.8 Å². The Labute approximate surface area is 141 Å². The molecule has 2 aliphatic rings. The molecule has 2 aliphatic carbocycles.